The van der Waals surface area contributed by atoms with Crippen molar-refractivity contribution < 1.29 is 9.15 Å². The van der Waals surface area contributed by atoms with Crippen LogP contribution in [0.4, 0.5) is 0 Å². The molecule has 0 atom stereocenters. The molecule has 0 saturated heterocycles. The Morgan fingerprint density at radius 1 is 1.28 bits per heavy atom. The molecule has 0 aliphatic heterocycles. The lowest BCUT2D eigenvalue weighted by atomic mass is 10.3. The third kappa shape index (κ3) is 1.52. The van der Waals surface area contributed by atoms with E-state index in [2.05, 4.69) is 4.98 Å². The van der Waals surface area contributed by atoms with Gasteiger partial charge in [0.2, 0.25) is 5.88 Å². The van der Waals surface area contributed by atoms with E-state index >= 15 is 0 Å². The number of aryl methyl sites for hydroxylation is 1. The number of aromatic nitrogens is 2. The number of hydrogen-bond donors (Lipinski definition) is 1. The number of nitrogens with zero attached hydrogens (tertiary/aromatic N) is 1. The second kappa shape index (κ2) is 3.80. The molecule has 3 aromatic rings. The van der Waals surface area contributed by atoms with Crippen LogP contribution < -0.4 is 10.4 Å². The predicted molar refractivity (Wildman–Crippen MR) is 67.5 cm³/mol. The molecule has 3 rings (SSSR count). The van der Waals surface area contributed by atoms with E-state index in [1.807, 2.05) is 25.1 Å². The summed E-state index contributed by atoms with van der Waals surface area (Å²) in [5.41, 5.74) is 1.25. The third-order valence-electron chi connectivity index (χ3n) is 2.84. The second-order valence-electron chi connectivity index (χ2n) is 4.03. The fourth-order valence-corrected chi connectivity index (χ4v) is 1.98. The van der Waals surface area contributed by atoms with E-state index in [4.69, 9.17) is 9.15 Å². The number of nitrogens with one attached hydrogen (secondary N) is 1. The molecule has 5 heteroatoms. The summed E-state index contributed by atoms with van der Waals surface area (Å²) in [5.74, 6) is 1.97. The van der Waals surface area contributed by atoms with Crippen molar-refractivity contribution in [2.45, 2.75) is 6.92 Å². The molecule has 0 amide bonds. The van der Waals surface area contributed by atoms with Crippen LogP contribution >= 0.6 is 0 Å². The minimum Gasteiger partial charge on any atom is -0.497 e. The predicted octanol–water partition coefficient (Wildman–Crippen LogP) is 2.23. The summed E-state index contributed by atoms with van der Waals surface area (Å²) in [6.07, 6.45) is 0. The SMILES string of the molecule is COc1ccc2c(c1)[nH]c(=O)n2-c1ccc(C)o1. The van der Waals surface area contributed by atoms with Crippen molar-refractivity contribution in [1.29, 1.82) is 0 Å². The van der Waals surface area contributed by atoms with Crippen LogP contribution in [0, 0.1) is 6.92 Å². The minimum absolute atomic E-state index is 0.229. The van der Waals surface area contributed by atoms with Gasteiger partial charge in [0.25, 0.3) is 0 Å². The molecule has 92 valence electrons. The number of furan rings is 1. The fourth-order valence-electron chi connectivity index (χ4n) is 1.98. The maximum absolute atomic E-state index is 12.0. The first-order chi connectivity index (χ1) is 8.69. The van der Waals surface area contributed by atoms with E-state index in [1.54, 1.807) is 19.2 Å². The van der Waals surface area contributed by atoms with Gasteiger partial charge in [-0.15, -0.1) is 0 Å². The lowest BCUT2D eigenvalue weighted by molar-refractivity contribution is 0.415. The number of benzene rings is 1. The molecule has 0 radical (unpaired) electrons. The van der Waals surface area contributed by atoms with Gasteiger partial charge < -0.3 is 14.1 Å². The third-order valence-corrected chi connectivity index (χ3v) is 2.84. The van der Waals surface area contributed by atoms with Gasteiger partial charge >= 0.3 is 5.69 Å². The van der Waals surface area contributed by atoms with E-state index in [1.165, 1.54) is 4.57 Å². The van der Waals surface area contributed by atoms with Crippen molar-refractivity contribution in [2.24, 2.45) is 0 Å². The van der Waals surface area contributed by atoms with Gasteiger partial charge in [0.15, 0.2) is 0 Å². The summed E-state index contributed by atoms with van der Waals surface area (Å²) in [5, 5.41) is 0. The number of rotatable bonds is 2. The number of imidazole rings is 1. The molecule has 2 heterocycles. The number of H-pyrrole nitrogens is 1. The van der Waals surface area contributed by atoms with Gasteiger partial charge in [-0.2, -0.15) is 0 Å². The summed E-state index contributed by atoms with van der Waals surface area (Å²) < 4.78 is 12.1. The maximum atomic E-state index is 12.0. The highest BCUT2D eigenvalue weighted by Crippen LogP contribution is 2.21. The number of fused-ring (bicyclic) bond motifs is 1. The summed E-state index contributed by atoms with van der Waals surface area (Å²) >= 11 is 0. The van der Waals surface area contributed by atoms with E-state index in [-0.39, 0.29) is 5.69 Å². The molecular weight excluding hydrogens is 232 g/mol. The molecule has 0 unspecified atom stereocenters. The molecule has 2 aromatic heterocycles. The number of methoxy groups -OCH3 is 1. The smallest absolute Gasteiger partial charge is 0.333 e. The first kappa shape index (κ1) is 10.7. The van der Waals surface area contributed by atoms with Crippen molar-refractivity contribution in [1.82, 2.24) is 9.55 Å². The topological polar surface area (TPSA) is 60.2 Å². The van der Waals surface area contributed by atoms with Crippen molar-refractivity contribution >= 4 is 11.0 Å². The highest BCUT2D eigenvalue weighted by Gasteiger charge is 2.11. The van der Waals surface area contributed by atoms with Crippen molar-refractivity contribution in [3.63, 3.8) is 0 Å². The molecule has 0 bridgehead atoms. The van der Waals surface area contributed by atoms with Gasteiger partial charge in [-0.05, 0) is 25.1 Å². The van der Waals surface area contributed by atoms with Crippen molar-refractivity contribution in [2.75, 3.05) is 7.11 Å². The first-order valence-electron chi connectivity index (χ1n) is 5.54. The Kier molecular flexibility index (Phi) is 2.26. The molecule has 1 N–H and O–H groups in total. The van der Waals surface area contributed by atoms with E-state index in [9.17, 15) is 4.79 Å². The van der Waals surface area contributed by atoms with Crippen LogP contribution in [0.15, 0.2) is 39.5 Å². The van der Waals surface area contributed by atoms with Crippen LogP contribution in [0.25, 0.3) is 16.9 Å². The summed E-state index contributed by atoms with van der Waals surface area (Å²) in [6, 6.07) is 9.01. The van der Waals surface area contributed by atoms with Crippen molar-refractivity contribution in [3.8, 4) is 11.6 Å². The van der Waals surface area contributed by atoms with E-state index in [0.29, 0.717) is 17.2 Å². The fraction of sp³-hybridized carbons (Fsp3) is 0.154. The monoisotopic (exact) mass is 244 g/mol. The molecule has 5 nitrogen and oxygen atoms in total. The minimum atomic E-state index is -0.229. The molecule has 0 saturated carbocycles. The summed E-state index contributed by atoms with van der Waals surface area (Å²) in [6.45, 7) is 1.84. The van der Waals surface area contributed by atoms with Gasteiger partial charge in [0.1, 0.15) is 11.5 Å². The number of hydrogen-bond acceptors (Lipinski definition) is 3. The van der Waals surface area contributed by atoms with Crippen LogP contribution in [0.3, 0.4) is 0 Å². The Morgan fingerprint density at radius 2 is 2.11 bits per heavy atom. The van der Waals surface area contributed by atoms with Crippen LogP contribution in [-0.4, -0.2) is 16.7 Å². The average Bonchev–Trinajstić information content (AvgIpc) is 2.90. The zero-order chi connectivity index (χ0) is 12.7. The lowest BCUT2D eigenvalue weighted by Crippen LogP contribution is -2.13. The molecule has 1 aromatic carbocycles. The molecule has 0 aliphatic rings. The number of aromatic amines is 1. The Labute approximate surface area is 103 Å². The zero-order valence-corrected chi connectivity index (χ0v) is 10.1. The normalized spacial score (nSPS) is 11.0. The van der Waals surface area contributed by atoms with Gasteiger partial charge in [-0.3, -0.25) is 0 Å². The standard InChI is InChI=1S/C13H12N2O3/c1-8-3-6-12(18-8)15-11-5-4-9(17-2)7-10(11)14-13(15)16/h3-7H,1-2H3,(H,14,16). The first-order valence-corrected chi connectivity index (χ1v) is 5.54. The lowest BCUT2D eigenvalue weighted by Gasteiger charge is -2.00. The van der Waals surface area contributed by atoms with Crippen LogP contribution in [-0.2, 0) is 0 Å². The van der Waals surface area contributed by atoms with Gasteiger partial charge in [0.05, 0.1) is 18.1 Å². The average molecular weight is 244 g/mol. The Bertz CT molecular complexity index is 764. The quantitative estimate of drug-likeness (QED) is 0.752. The highest BCUT2D eigenvalue weighted by atomic mass is 16.5. The Hall–Kier alpha value is -2.43. The number of ether oxygens (including phenoxy) is 1. The van der Waals surface area contributed by atoms with E-state index < -0.39 is 0 Å². The Morgan fingerprint density at radius 3 is 2.78 bits per heavy atom. The maximum Gasteiger partial charge on any atom is 0.333 e. The molecular formula is C13H12N2O3. The van der Waals surface area contributed by atoms with Gasteiger partial charge in [-0.1, -0.05) is 0 Å². The molecule has 18 heavy (non-hydrogen) atoms. The zero-order valence-electron chi connectivity index (χ0n) is 10.1. The molecule has 0 fully saturated rings. The Balaban J connectivity index is 2.29. The summed E-state index contributed by atoms with van der Waals surface area (Å²) in [4.78, 5) is 14.7. The van der Waals surface area contributed by atoms with Crippen LogP contribution in [0.5, 0.6) is 5.75 Å². The van der Waals surface area contributed by atoms with Gasteiger partial charge in [-0.25, -0.2) is 9.36 Å². The van der Waals surface area contributed by atoms with E-state index in [0.717, 1.165) is 11.3 Å². The molecule has 0 aliphatic carbocycles. The summed E-state index contributed by atoms with van der Waals surface area (Å²) in [7, 11) is 1.59. The highest BCUT2D eigenvalue weighted by molar-refractivity contribution is 5.78. The van der Waals surface area contributed by atoms with Gasteiger partial charge in [0, 0.05) is 12.1 Å². The second-order valence-corrected chi connectivity index (χ2v) is 4.03. The van der Waals surface area contributed by atoms with Crippen LogP contribution in [0.2, 0.25) is 0 Å². The van der Waals surface area contributed by atoms with Crippen LogP contribution in [0.1, 0.15) is 5.76 Å². The molecule has 0 spiro atoms. The van der Waals surface area contributed by atoms with Crippen molar-refractivity contribution in [3.05, 3.63) is 46.6 Å². The largest absolute Gasteiger partial charge is 0.497 e.